The van der Waals surface area contributed by atoms with Crippen molar-refractivity contribution in [3.8, 4) is 11.5 Å². The standard InChI is InChI=1S/C16H18N4O3/c1-10-15(23-13-6-4-3-5-12(13)22-10)16(21)19-7-8-20-11(2)17-18-14(20)9-19/h3-6,10,15H,7-9H2,1-2H3/t10-,15-/m1/s1. The first-order chi connectivity index (χ1) is 11.1. The van der Waals surface area contributed by atoms with Crippen molar-refractivity contribution in [3.63, 3.8) is 0 Å². The highest BCUT2D eigenvalue weighted by molar-refractivity contribution is 5.82. The van der Waals surface area contributed by atoms with Crippen LogP contribution in [0.3, 0.4) is 0 Å². The zero-order chi connectivity index (χ0) is 16.0. The maximum Gasteiger partial charge on any atom is 0.268 e. The summed E-state index contributed by atoms with van der Waals surface area (Å²) in [5, 5.41) is 8.20. The summed E-state index contributed by atoms with van der Waals surface area (Å²) in [7, 11) is 0. The first-order valence-electron chi connectivity index (χ1n) is 7.73. The van der Waals surface area contributed by atoms with Crippen molar-refractivity contribution in [2.75, 3.05) is 6.54 Å². The molecule has 4 rings (SSSR count). The zero-order valence-corrected chi connectivity index (χ0v) is 13.1. The Bertz CT molecular complexity index is 758. The van der Waals surface area contributed by atoms with E-state index in [-0.39, 0.29) is 12.0 Å². The normalized spacial score (nSPS) is 22.6. The van der Waals surface area contributed by atoms with Crippen LogP contribution in [0.15, 0.2) is 24.3 Å². The largest absolute Gasteiger partial charge is 0.482 e. The number of nitrogens with zero attached hydrogens (tertiary/aromatic N) is 4. The Hall–Kier alpha value is -2.57. The molecule has 0 N–H and O–H groups in total. The zero-order valence-electron chi connectivity index (χ0n) is 13.1. The van der Waals surface area contributed by atoms with Gasteiger partial charge in [-0.25, -0.2) is 0 Å². The van der Waals surface area contributed by atoms with Gasteiger partial charge in [-0.2, -0.15) is 0 Å². The van der Waals surface area contributed by atoms with Crippen LogP contribution in [0.4, 0.5) is 0 Å². The van der Waals surface area contributed by atoms with Gasteiger partial charge in [-0.15, -0.1) is 10.2 Å². The molecule has 0 saturated carbocycles. The maximum atomic E-state index is 12.9. The maximum absolute atomic E-state index is 12.9. The molecular weight excluding hydrogens is 296 g/mol. The van der Waals surface area contributed by atoms with Crippen molar-refractivity contribution < 1.29 is 14.3 Å². The van der Waals surface area contributed by atoms with Crippen LogP contribution in [0.25, 0.3) is 0 Å². The average molecular weight is 314 g/mol. The molecule has 2 aromatic rings. The van der Waals surface area contributed by atoms with Crippen molar-refractivity contribution in [3.05, 3.63) is 35.9 Å². The molecule has 0 saturated heterocycles. The highest BCUT2D eigenvalue weighted by atomic mass is 16.6. The molecule has 0 fully saturated rings. The van der Waals surface area contributed by atoms with Crippen LogP contribution in [0.5, 0.6) is 11.5 Å². The predicted octanol–water partition coefficient (Wildman–Crippen LogP) is 1.16. The fourth-order valence-corrected chi connectivity index (χ4v) is 3.06. The fraction of sp³-hybridized carbons (Fsp3) is 0.438. The summed E-state index contributed by atoms with van der Waals surface area (Å²) in [6.45, 7) is 5.56. The lowest BCUT2D eigenvalue weighted by atomic mass is 10.1. The number of aromatic nitrogens is 3. The van der Waals surface area contributed by atoms with Crippen LogP contribution < -0.4 is 9.47 Å². The van der Waals surface area contributed by atoms with Gasteiger partial charge in [-0.3, -0.25) is 4.79 Å². The predicted molar refractivity (Wildman–Crippen MR) is 81.1 cm³/mol. The molecule has 7 nitrogen and oxygen atoms in total. The molecule has 7 heteroatoms. The second-order valence-electron chi connectivity index (χ2n) is 5.88. The number of hydrogen-bond donors (Lipinski definition) is 0. The minimum absolute atomic E-state index is 0.0705. The molecule has 0 radical (unpaired) electrons. The van der Waals surface area contributed by atoms with Gasteiger partial charge in [0, 0.05) is 13.1 Å². The molecule has 0 aliphatic carbocycles. The van der Waals surface area contributed by atoms with Crippen LogP contribution in [-0.4, -0.2) is 44.3 Å². The van der Waals surface area contributed by atoms with Gasteiger partial charge in [-0.05, 0) is 26.0 Å². The number of fused-ring (bicyclic) bond motifs is 2. The quantitative estimate of drug-likeness (QED) is 0.790. The molecule has 0 spiro atoms. The molecule has 0 unspecified atom stereocenters. The molecule has 0 bridgehead atoms. The molecule has 2 aliphatic heterocycles. The Morgan fingerprint density at radius 2 is 1.91 bits per heavy atom. The molecular formula is C16H18N4O3. The number of rotatable bonds is 1. The second kappa shape index (κ2) is 5.26. The van der Waals surface area contributed by atoms with Crippen molar-refractivity contribution in [1.82, 2.24) is 19.7 Å². The van der Waals surface area contributed by atoms with E-state index < -0.39 is 6.10 Å². The van der Waals surface area contributed by atoms with Crippen LogP contribution in [0, 0.1) is 6.92 Å². The summed E-state index contributed by atoms with van der Waals surface area (Å²) >= 11 is 0. The lowest BCUT2D eigenvalue weighted by Crippen LogP contribution is -2.52. The van der Waals surface area contributed by atoms with Gasteiger partial charge in [-0.1, -0.05) is 12.1 Å². The highest BCUT2D eigenvalue weighted by Crippen LogP contribution is 2.34. The molecule has 23 heavy (non-hydrogen) atoms. The van der Waals surface area contributed by atoms with E-state index in [0.717, 1.165) is 11.6 Å². The van der Waals surface area contributed by atoms with Crippen molar-refractivity contribution in [2.24, 2.45) is 0 Å². The van der Waals surface area contributed by atoms with E-state index in [4.69, 9.17) is 9.47 Å². The monoisotopic (exact) mass is 314 g/mol. The van der Waals surface area contributed by atoms with Gasteiger partial charge >= 0.3 is 0 Å². The van der Waals surface area contributed by atoms with Crippen LogP contribution in [-0.2, 0) is 17.9 Å². The summed E-state index contributed by atoms with van der Waals surface area (Å²) in [6, 6.07) is 7.42. The highest BCUT2D eigenvalue weighted by Gasteiger charge is 2.38. The van der Waals surface area contributed by atoms with Gasteiger partial charge in [0.25, 0.3) is 5.91 Å². The second-order valence-corrected chi connectivity index (χ2v) is 5.88. The van der Waals surface area contributed by atoms with Gasteiger partial charge in [0.15, 0.2) is 17.3 Å². The molecule has 1 aromatic carbocycles. The minimum atomic E-state index is -0.638. The number of carbonyl (C=O) groups excluding carboxylic acids is 1. The van der Waals surface area contributed by atoms with Gasteiger partial charge in [0.05, 0.1) is 6.54 Å². The third-order valence-electron chi connectivity index (χ3n) is 4.34. The van der Waals surface area contributed by atoms with E-state index in [1.165, 1.54) is 0 Å². The third-order valence-corrected chi connectivity index (χ3v) is 4.34. The summed E-state index contributed by atoms with van der Waals surface area (Å²) in [5.74, 6) is 2.91. The Labute approximate surface area is 133 Å². The smallest absolute Gasteiger partial charge is 0.268 e. The SMILES string of the molecule is Cc1nnc2n1CCN(C(=O)[C@@H]1Oc3ccccc3O[C@@H]1C)C2. The van der Waals surface area contributed by atoms with Crippen molar-refractivity contribution in [2.45, 2.75) is 39.1 Å². The van der Waals surface area contributed by atoms with E-state index in [1.54, 1.807) is 4.90 Å². The molecule has 2 aliphatic rings. The minimum Gasteiger partial charge on any atom is -0.482 e. The Balaban J connectivity index is 1.54. The number of hydrogen-bond acceptors (Lipinski definition) is 5. The van der Waals surface area contributed by atoms with E-state index in [0.29, 0.717) is 31.1 Å². The van der Waals surface area contributed by atoms with E-state index in [9.17, 15) is 4.79 Å². The van der Waals surface area contributed by atoms with Crippen LogP contribution >= 0.6 is 0 Å². The molecule has 1 amide bonds. The fourth-order valence-electron chi connectivity index (χ4n) is 3.06. The summed E-state index contributed by atoms with van der Waals surface area (Å²) < 4.78 is 13.8. The number of carbonyl (C=O) groups is 1. The lowest BCUT2D eigenvalue weighted by Gasteiger charge is -2.35. The Morgan fingerprint density at radius 1 is 1.17 bits per heavy atom. The Kier molecular flexibility index (Phi) is 3.21. The molecule has 3 heterocycles. The first-order valence-corrected chi connectivity index (χ1v) is 7.73. The average Bonchev–Trinajstić information content (AvgIpc) is 2.94. The van der Waals surface area contributed by atoms with Crippen LogP contribution in [0.1, 0.15) is 18.6 Å². The summed E-state index contributed by atoms with van der Waals surface area (Å²) in [5.41, 5.74) is 0. The number of benzene rings is 1. The van der Waals surface area contributed by atoms with Crippen molar-refractivity contribution >= 4 is 5.91 Å². The number of ether oxygens (including phenoxy) is 2. The van der Waals surface area contributed by atoms with Crippen molar-refractivity contribution in [1.29, 1.82) is 0 Å². The van der Waals surface area contributed by atoms with Gasteiger partial charge in [0.1, 0.15) is 11.9 Å². The molecule has 2 atom stereocenters. The topological polar surface area (TPSA) is 69.5 Å². The van der Waals surface area contributed by atoms with Gasteiger partial charge < -0.3 is 18.9 Å². The number of aryl methyl sites for hydroxylation is 1. The number of para-hydroxylation sites is 2. The summed E-state index contributed by atoms with van der Waals surface area (Å²) in [6.07, 6.45) is -0.973. The third kappa shape index (κ3) is 2.32. The molecule has 1 aromatic heterocycles. The van der Waals surface area contributed by atoms with Gasteiger partial charge in [0.2, 0.25) is 6.10 Å². The summed E-state index contributed by atoms with van der Waals surface area (Å²) in [4.78, 5) is 14.6. The van der Waals surface area contributed by atoms with E-state index in [2.05, 4.69) is 10.2 Å². The van der Waals surface area contributed by atoms with E-state index >= 15 is 0 Å². The van der Waals surface area contributed by atoms with Crippen LogP contribution in [0.2, 0.25) is 0 Å². The van der Waals surface area contributed by atoms with E-state index in [1.807, 2.05) is 42.7 Å². The molecule has 120 valence electrons. The first kappa shape index (κ1) is 14.0. The Morgan fingerprint density at radius 3 is 2.70 bits per heavy atom. The lowest BCUT2D eigenvalue weighted by molar-refractivity contribution is -0.146. The number of amides is 1.